The topological polar surface area (TPSA) is 80.3 Å². The second-order valence-electron chi connectivity index (χ2n) is 10.2. The Kier molecular flexibility index (Phi) is 35.0. The molecule has 0 aliphatic heterocycles. The van der Waals surface area contributed by atoms with Gasteiger partial charge >= 0.3 is 121 Å². The number of hydrogen-bond donors (Lipinski definition) is 2. The van der Waals surface area contributed by atoms with Crippen LogP contribution in [0.5, 0.6) is 0 Å². The summed E-state index contributed by atoms with van der Waals surface area (Å²) in [6.07, 6.45) is 19.0. The van der Waals surface area contributed by atoms with E-state index < -0.39 is 22.4 Å². The molecule has 7 heteroatoms. The standard InChI is InChI=1S/2C8H17.2C6H12O2S.Sn/c2*1-3-5-7-8-6-4-2;2*1-4(2)3-5(9)6(7)8;/h2*1,3-8H2,2H3;2*4-5,9H,3H2,1-2H3,(H,7,8);/q;;;;+2/p-2. The second kappa shape index (κ2) is 30.7. The molecule has 4 nitrogen and oxygen atoms in total. The van der Waals surface area contributed by atoms with Crippen LogP contribution in [0, 0.1) is 11.8 Å². The summed E-state index contributed by atoms with van der Waals surface area (Å²) in [5.74, 6) is -1.42. The summed E-state index contributed by atoms with van der Waals surface area (Å²) in [7, 11) is 0. The Morgan fingerprint density at radius 1 is 0.600 bits per heavy atom. The van der Waals surface area contributed by atoms with Gasteiger partial charge in [-0.2, -0.15) is 25.3 Å². The third-order valence-corrected chi connectivity index (χ3v) is 10.2. The van der Waals surface area contributed by atoms with E-state index in [-0.39, 0.29) is 21.1 Å². The van der Waals surface area contributed by atoms with E-state index in [4.69, 9.17) is 0 Å². The molecule has 35 heavy (non-hydrogen) atoms. The molecular weight excluding hydrogens is 583 g/mol. The van der Waals surface area contributed by atoms with E-state index in [0.717, 1.165) is 0 Å². The number of carbonyl (C=O) groups is 2. The summed E-state index contributed by atoms with van der Waals surface area (Å²) in [6.45, 7) is 12.4. The molecule has 0 saturated heterocycles. The van der Waals surface area contributed by atoms with Crippen LogP contribution < -0.4 is 10.2 Å². The number of carboxylic acid groups (broad SMARTS) is 2. The predicted octanol–water partition coefficient (Wildman–Crippen LogP) is 6.41. The van der Waals surface area contributed by atoms with Gasteiger partial charge in [0.1, 0.15) is 0 Å². The van der Waals surface area contributed by atoms with Gasteiger partial charge in [0.05, 0.1) is 11.9 Å². The van der Waals surface area contributed by atoms with Gasteiger partial charge in [-0.15, -0.1) is 0 Å². The van der Waals surface area contributed by atoms with Crippen molar-refractivity contribution >= 4 is 58.3 Å². The molecule has 0 radical (unpaired) electrons. The Morgan fingerprint density at radius 2 is 0.886 bits per heavy atom. The Morgan fingerprint density at radius 3 is 1.11 bits per heavy atom. The van der Waals surface area contributed by atoms with E-state index in [0.29, 0.717) is 24.7 Å². The van der Waals surface area contributed by atoms with E-state index in [1.54, 1.807) is 21.7 Å². The summed E-state index contributed by atoms with van der Waals surface area (Å²) < 4.78 is 3.31. The SMILES string of the molecule is CC(C)CC(S)C(=O)[O-].CC(C)CC(S)C(=O)[O-].CCCCCCC[CH2][Sn+2][CH2]CCCCCCC. The molecule has 0 spiro atoms. The minimum absolute atomic E-state index is 0.0736. The normalized spacial score (nSPS) is 12.2. The predicted molar refractivity (Wildman–Crippen MR) is 157 cm³/mol. The third-order valence-electron chi connectivity index (χ3n) is 5.35. The molecule has 0 amide bonds. The van der Waals surface area contributed by atoms with Gasteiger partial charge in [0.25, 0.3) is 0 Å². The minimum atomic E-state index is -1.08. The van der Waals surface area contributed by atoms with Gasteiger partial charge in [-0.25, -0.2) is 0 Å². The number of hydrogen-bond acceptors (Lipinski definition) is 6. The van der Waals surface area contributed by atoms with Crippen LogP contribution in [0.1, 0.15) is 131 Å². The van der Waals surface area contributed by atoms with Gasteiger partial charge < -0.3 is 19.8 Å². The van der Waals surface area contributed by atoms with Crippen molar-refractivity contribution in [1.29, 1.82) is 0 Å². The van der Waals surface area contributed by atoms with E-state index in [9.17, 15) is 19.8 Å². The molecule has 0 aromatic carbocycles. The van der Waals surface area contributed by atoms with Gasteiger partial charge in [-0.05, 0) is 24.7 Å². The fourth-order valence-electron chi connectivity index (χ4n) is 3.27. The summed E-state index contributed by atoms with van der Waals surface area (Å²) in [5, 5.41) is 18.9. The first-order chi connectivity index (χ1) is 16.5. The molecule has 0 aliphatic rings. The first kappa shape index (κ1) is 39.9. The van der Waals surface area contributed by atoms with Crippen LogP contribution in [0.2, 0.25) is 8.87 Å². The zero-order valence-electron chi connectivity index (χ0n) is 23.7. The monoisotopic (exact) mass is 640 g/mol. The number of carbonyl (C=O) groups excluding carboxylic acids is 2. The van der Waals surface area contributed by atoms with E-state index in [1.165, 1.54) is 64.2 Å². The summed E-state index contributed by atoms with van der Waals surface area (Å²) in [4.78, 5) is 20.1. The van der Waals surface area contributed by atoms with Gasteiger partial charge in [0.2, 0.25) is 0 Å². The van der Waals surface area contributed by atoms with Crippen LogP contribution in [-0.2, 0) is 9.59 Å². The Hall–Kier alpha value is 0.439. The van der Waals surface area contributed by atoms with Gasteiger partial charge in [0, 0.05) is 10.5 Å². The molecule has 208 valence electrons. The molecule has 0 N–H and O–H groups in total. The van der Waals surface area contributed by atoms with Crippen LogP contribution in [-0.4, -0.2) is 43.6 Å². The van der Waals surface area contributed by atoms with E-state index in [1.807, 2.05) is 27.7 Å². The summed E-state index contributed by atoms with van der Waals surface area (Å²) in [5.41, 5.74) is 0. The molecule has 0 rings (SSSR count). The van der Waals surface area contributed by atoms with Gasteiger partial charge in [-0.3, -0.25) is 0 Å². The fourth-order valence-corrected chi connectivity index (χ4v) is 7.68. The van der Waals surface area contributed by atoms with Crippen LogP contribution in [0.25, 0.3) is 0 Å². The molecule has 0 fully saturated rings. The summed E-state index contributed by atoms with van der Waals surface area (Å²) in [6, 6.07) is 0. The number of unbranched alkanes of at least 4 members (excludes halogenated alkanes) is 10. The number of rotatable bonds is 20. The molecular formula is C28H56O4S2Sn. The van der Waals surface area contributed by atoms with Crippen molar-refractivity contribution in [1.82, 2.24) is 0 Å². The molecule has 0 aromatic heterocycles. The molecule has 2 atom stereocenters. The van der Waals surface area contributed by atoms with Crippen LogP contribution in [0.4, 0.5) is 0 Å². The average molecular weight is 640 g/mol. The third kappa shape index (κ3) is 39.1. The Bertz CT molecular complexity index is 422. The molecule has 2 unspecified atom stereocenters. The zero-order chi connectivity index (χ0) is 27.5. The quantitative estimate of drug-likeness (QED) is 0.0917. The maximum atomic E-state index is 10.0. The van der Waals surface area contributed by atoms with Crippen molar-refractivity contribution in [3.8, 4) is 0 Å². The molecule has 0 saturated carbocycles. The molecule has 0 aromatic rings. The van der Waals surface area contributed by atoms with Gasteiger partial charge in [-0.1, -0.05) is 27.7 Å². The fraction of sp³-hybridized carbons (Fsp3) is 0.929. The van der Waals surface area contributed by atoms with Crippen molar-refractivity contribution in [2.45, 2.75) is 151 Å². The molecule has 0 aliphatic carbocycles. The number of aliphatic carboxylic acids is 2. The van der Waals surface area contributed by atoms with Crippen molar-refractivity contribution in [3.63, 3.8) is 0 Å². The Labute approximate surface area is 239 Å². The van der Waals surface area contributed by atoms with Crippen molar-refractivity contribution in [2.24, 2.45) is 11.8 Å². The van der Waals surface area contributed by atoms with E-state index in [2.05, 4.69) is 39.1 Å². The van der Waals surface area contributed by atoms with E-state index >= 15 is 0 Å². The molecule has 0 heterocycles. The molecule has 0 bridgehead atoms. The van der Waals surface area contributed by atoms with Crippen LogP contribution in [0.3, 0.4) is 0 Å². The average Bonchev–Trinajstić information content (AvgIpc) is 2.77. The van der Waals surface area contributed by atoms with Crippen molar-refractivity contribution in [2.75, 3.05) is 0 Å². The zero-order valence-corrected chi connectivity index (χ0v) is 28.3. The Balaban J connectivity index is -0.000000481. The maximum absolute atomic E-state index is 10.0. The second-order valence-corrected chi connectivity index (χ2v) is 15.7. The summed E-state index contributed by atoms with van der Waals surface area (Å²) >= 11 is 7.68. The van der Waals surface area contributed by atoms with Gasteiger partial charge in [0.15, 0.2) is 0 Å². The number of carboxylic acids is 2. The number of thiol groups is 2. The van der Waals surface area contributed by atoms with Crippen molar-refractivity contribution in [3.05, 3.63) is 0 Å². The van der Waals surface area contributed by atoms with Crippen LogP contribution in [0.15, 0.2) is 0 Å². The van der Waals surface area contributed by atoms with Crippen molar-refractivity contribution < 1.29 is 19.8 Å². The first-order valence-electron chi connectivity index (χ1n) is 14.0. The first-order valence-corrected chi connectivity index (χ1v) is 19.0. The van der Waals surface area contributed by atoms with Crippen LogP contribution >= 0.6 is 25.3 Å².